The van der Waals surface area contributed by atoms with Crippen LogP contribution in [0.1, 0.15) is 28.3 Å². The van der Waals surface area contributed by atoms with Crippen molar-refractivity contribution in [1.29, 1.82) is 0 Å². The van der Waals surface area contributed by atoms with E-state index < -0.39 is 40.8 Å². The minimum absolute atomic E-state index is 0.154. The second-order valence-electron chi connectivity index (χ2n) is 7.66. The first kappa shape index (κ1) is 21.2. The molecule has 7 heteroatoms. The lowest BCUT2D eigenvalue weighted by molar-refractivity contribution is -0.132. The van der Waals surface area contributed by atoms with E-state index in [-0.39, 0.29) is 16.9 Å². The highest BCUT2D eigenvalue weighted by Gasteiger charge is 2.48. The Hall–Kier alpha value is -4.00. The molecule has 1 heterocycles. The standard InChI is InChI=1S/C25H19F2NO4/c1-13-6-7-16(10-14(13)2)23(30)21-22(15-4-3-5-18(29)11-15)28(25(32)24(21)31)20-12-17(26)8-9-19(20)27/h3-12,22,29-30H,1-2H3/b23-21+. The number of hydrogen-bond donors (Lipinski definition) is 2. The molecular formula is C25H19F2NO4. The molecule has 0 saturated carbocycles. The van der Waals surface area contributed by atoms with Crippen LogP contribution in [0, 0.1) is 25.5 Å². The van der Waals surface area contributed by atoms with Gasteiger partial charge in [-0.1, -0.05) is 24.3 Å². The molecule has 1 aliphatic heterocycles. The third-order valence-electron chi connectivity index (χ3n) is 5.58. The molecule has 3 aromatic rings. The van der Waals surface area contributed by atoms with Gasteiger partial charge in [0.1, 0.15) is 23.1 Å². The summed E-state index contributed by atoms with van der Waals surface area (Å²) in [5, 5.41) is 21.0. The second kappa shape index (κ2) is 7.92. The SMILES string of the molecule is Cc1ccc(/C(O)=C2\C(=O)C(=O)N(c3cc(F)ccc3F)C2c2cccc(O)c2)cc1C. The van der Waals surface area contributed by atoms with Gasteiger partial charge in [-0.05, 0) is 60.9 Å². The number of aliphatic hydroxyl groups is 1. The number of phenolic OH excluding ortho intramolecular Hbond substituents is 1. The maximum absolute atomic E-state index is 14.6. The number of rotatable bonds is 3. The number of phenols is 1. The molecule has 4 rings (SSSR count). The van der Waals surface area contributed by atoms with Gasteiger partial charge in [0.05, 0.1) is 17.3 Å². The number of ketones is 1. The first-order valence-corrected chi connectivity index (χ1v) is 9.81. The van der Waals surface area contributed by atoms with E-state index in [1.165, 1.54) is 24.3 Å². The van der Waals surface area contributed by atoms with Gasteiger partial charge in [0.15, 0.2) is 0 Å². The first-order chi connectivity index (χ1) is 15.2. The van der Waals surface area contributed by atoms with Gasteiger partial charge < -0.3 is 10.2 Å². The van der Waals surface area contributed by atoms with Crippen LogP contribution in [0.15, 0.2) is 66.2 Å². The average Bonchev–Trinajstić information content (AvgIpc) is 3.02. The van der Waals surface area contributed by atoms with Crippen LogP contribution in [-0.2, 0) is 9.59 Å². The summed E-state index contributed by atoms with van der Waals surface area (Å²) in [7, 11) is 0. The Labute approximate surface area is 182 Å². The predicted molar refractivity (Wildman–Crippen MR) is 115 cm³/mol. The van der Waals surface area contributed by atoms with E-state index in [2.05, 4.69) is 0 Å². The van der Waals surface area contributed by atoms with E-state index in [1.54, 1.807) is 18.2 Å². The summed E-state index contributed by atoms with van der Waals surface area (Å²) in [6.45, 7) is 3.72. The summed E-state index contributed by atoms with van der Waals surface area (Å²) >= 11 is 0. The number of benzene rings is 3. The molecule has 0 radical (unpaired) electrons. The molecule has 1 saturated heterocycles. The summed E-state index contributed by atoms with van der Waals surface area (Å²) in [4.78, 5) is 26.8. The molecule has 2 N–H and O–H groups in total. The molecule has 0 spiro atoms. The zero-order valence-corrected chi connectivity index (χ0v) is 17.3. The van der Waals surface area contributed by atoms with Gasteiger partial charge in [-0.15, -0.1) is 0 Å². The normalized spacial score (nSPS) is 17.8. The van der Waals surface area contributed by atoms with Gasteiger partial charge in [-0.25, -0.2) is 8.78 Å². The van der Waals surface area contributed by atoms with Gasteiger partial charge in [-0.3, -0.25) is 14.5 Å². The van der Waals surface area contributed by atoms with Gasteiger partial charge in [-0.2, -0.15) is 0 Å². The highest BCUT2D eigenvalue weighted by Crippen LogP contribution is 2.43. The fourth-order valence-corrected chi connectivity index (χ4v) is 3.81. The van der Waals surface area contributed by atoms with Crippen molar-refractivity contribution >= 4 is 23.1 Å². The van der Waals surface area contributed by atoms with Gasteiger partial charge >= 0.3 is 0 Å². The molecule has 32 heavy (non-hydrogen) atoms. The topological polar surface area (TPSA) is 77.8 Å². The number of amides is 1. The molecular weight excluding hydrogens is 416 g/mol. The fraction of sp³-hybridized carbons (Fsp3) is 0.120. The van der Waals surface area contributed by atoms with Crippen molar-refractivity contribution in [1.82, 2.24) is 0 Å². The van der Waals surface area contributed by atoms with Crippen LogP contribution in [0.3, 0.4) is 0 Å². The van der Waals surface area contributed by atoms with Gasteiger partial charge in [0, 0.05) is 11.6 Å². The number of carbonyl (C=O) groups is 2. The van der Waals surface area contributed by atoms with E-state index in [1.807, 2.05) is 13.8 Å². The Balaban J connectivity index is 2.00. The van der Waals surface area contributed by atoms with E-state index in [0.717, 1.165) is 34.2 Å². The summed E-state index contributed by atoms with van der Waals surface area (Å²) in [6.07, 6.45) is 0. The number of hydrogen-bond acceptors (Lipinski definition) is 4. The smallest absolute Gasteiger partial charge is 0.300 e. The lowest BCUT2D eigenvalue weighted by Gasteiger charge is -2.26. The number of aromatic hydroxyl groups is 1. The summed E-state index contributed by atoms with van der Waals surface area (Å²) in [5.41, 5.74) is 1.64. The van der Waals surface area contributed by atoms with Crippen molar-refractivity contribution in [2.45, 2.75) is 19.9 Å². The first-order valence-electron chi connectivity index (χ1n) is 9.81. The predicted octanol–water partition coefficient (Wildman–Crippen LogP) is 4.91. The van der Waals surface area contributed by atoms with Crippen molar-refractivity contribution in [3.63, 3.8) is 0 Å². The number of aryl methyl sites for hydroxylation is 2. The Morgan fingerprint density at radius 3 is 2.38 bits per heavy atom. The summed E-state index contributed by atoms with van der Waals surface area (Å²) < 4.78 is 28.6. The maximum atomic E-state index is 14.6. The number of nitrogens with zero attached hydrogens (tertiary/aromatic N) is 1. The highest BCUT2D eigenvalue weighted by atomic mass is 19.1. The number of Topliss-reactive ketones (excluding diaryl/α,β-unsaturated/α-hetero) is 1. The lowest BCUT2D eigenvalue weighted by Crippen LogP contribution is -2.30. The van der Waals surface area contributed by atoms with Crippen LogP contribution >= 0.6 is 0 Å². The van der Waals surface area contributed by atoms with Crippen LogP contribution in [0.5, 0.6) is 5.75 Å². The summed E-state index contributed by atoms with van der Waals surface area (Å²) in [6, 6.07) is 12.0. The number of anilines is 1. The summed E-state index contributed by atoms with van der Waals surface area (Å²) in [5.74, 6) is -4.47. The Morgan fingerprint density at radius 1 is 0.938 bits per heavy atom. The molecule has 1 atom stereocenters. The van der Waals surface area contributed by atoms with E-state index in [0.29, 0.717) is 5.56 Å². The largest absolute Gasteiger partial charge is 0.508 e. The van der Waals surface area contributed by atoms with E-state index in [9.17, 15) is 28.6 Å². The second-order valence-corrected chi connectivity index (χ2v) is 7.66. The van der Waals surface area contributed by atoms with Crippen LogP contribution < -0.4 is 4.90 Å². The van der Waals surface area contributed by atoms with Crippen LogP contribution in [0.2, 0.25) is 0 Å². The monoisotopic (exact) mass is 435 g/mol. The molecule has 1 fully saturated rings. The Bertz CT molecular complexity index is 1300. The van der Waals surface area contributed by atoms with Crippen molar-refractivity contribution in [3.05, 3.63) is 100 Å². The fourth-order valence-electron chi connectivity index (χ4n) is 3.81. The lowest BCUT2D eigenvalue weighted by atomic mass is 9.94. The van der Waals surface area contributed by atoms with Crippen molar-refractivity contribution in [3.8, 4) is 5.75 Å². The molecule has 1 aliphatic rings. The molecule has 162 valence electrons. The minimum atomic E-state index is -1.28. The van der Waals surface area contributed by atoms with Crippen LogP contribution in [0.4, 0.5) is 14.5 Å². The van der Waals surface area contributed by atoms with Gasteiger partial charge in [0.25, 0.3) is 11.7 Å². The molecule has 1 unspecified atom stereocenters. The molecule has 0 bridgehead atoms. The highest BCUT2D eigenvalue weighted by molar-refractivity contribution is 6.51. The third-order valence-corrected chi connectivity index (χ3v) is 5.58. The van der Waals surface area contributed by atoms with Crippen LogP contribution in [-0.4, -0.2) is 21.9 Å². The van der Waals surface area contributed by atoms with E-state index in [4.69, 9.17) is 0 Å². The molecule has 0 aliphatic carbocycles. The molecule has 3 aromatic carbocycles. The molecule has 1 amide bonds. The zero-order valence-electron chi connectivity index (χ0n) is 17.3. The van der Waals surface area contributed by atoms with Crippen molar-refractivity contribution < 1.29 is 28.6 Å². The van der Waals surface area contributed by atoms with Crippen LogP contribution in [0.25, 0.3) is 5.76 Å². The van der Waals surface area contributed by atoms with Crippen molar-refractivity contribution in [2.75, 3.05) is 4.90 Å². The van der Waals surface area contributed by atoms with Gasteiger partial charge in [0.2, 0.25) is 0 Å². The third kappa shape index (κ3) is 3.51. The number of aliphatic hydroxyl groups excluding tert-OH is 1. The quantitative estimate of drug-likeness (QED) is 0.348. The molecule has 5 nitrogen and oxygen atoms in total. The minimum Gasteiger partial charge on any atom is -0.508 e. The van der Waals surface area contributed by atoms with Crippen molar-refractivity contribution in [2.24, 2.45) is 0 Å². The Kier molecular flexibility index (Phi) is 5.26. The molecule has 0 aromatic heterocycles. The average molecular weight is 435 g/mol. The Morgan fingerprint density at radius 2 is 1.69 bits per heavy atom. The zero-order chi connectivity index (χ0) is 23.2. The van der Waals surface area contributed by atoms with E-state index >= 15 is 0 Å². The maximum Gasteiger partial charge on any atom is 0.300 e. The number of halogens is 2. The number of carbonyl (C=O) groups excluding carboxylic acids is 2.